The summed E-state index contributed by atoms with van der Waals surface area (Å²) in [7, 11) is 1.43. The number of rotatable bonds is 6. The number of aromatic hydroxyl groups is 1. The second-order valence-corrected chi connectivity index (χ2v) is 11.3. The van der Waals surface area contributed by atoms with E-state index in [1.165, 1.54) is 7.05 Å². The van der Waals surface area contributed by atoms with Gasteiger partial charge in [0.05, 0.1) is 18.8 Å². The van der Waals surface area contributed by atoms with Crippen molar-refractivity contribution in [1.82, 2.24) is 4.90 Å². The smallest absolute Gasteiger partial charge is 0.411 e. The van der Waals surface area contributed by atoms with Gasteiger partial charge in [-0.2, -0.15) is 0 Å². The zero-order valence-electron chi connectivity index (χ0n) is 22.4. The van der Waals surface area contributed by atoms with Gasteiger partial charge in [-0.3, -0.25) is 15.1 Å². The Balaban J connectivity index is 1.96. The van der Waals surface area contributed by atoms with Crippen molar-refractivity contribution in [2.45, 2.75) is 65.8 Å². The molecule has 1 aliphatic heterocycles. The van der Waals surface area contributed by atoms with Crippen LogP contribution in [0.3, 0.4) is 0 Å². The van der Waals surface area contributed by atoms with E-state index in [4.69, 9.17) is 10.1 Å². The minimum absolute atomic E-state index is 0.0144. The number of nitrogens with one attached hydrogen (secondary N) is 1. The van der Waals surface area contributed by atoms with Gasteiger partial charge < -0.3 is 19.8 Å². The van der Waals surface area contributed by atoms with Gasteiger partial charge in [0.15, 0.2) is 5.78 Å². The number of benzene rings is 2. The van der Waals surface area contributed by atoms with E-state index in [1.807, 2.05) is 48.5 Å². The van der Waals surface area contributed by atoms with Crippen molar-refractivity contribution >= 4 is 23.4 Å². The van der Waals surface area contributed by atoms with Crippen molar-refractivity contribution in [2.75, 3.05) is 25.1 Å². The van der Waals surface area contributed by atoms with E-state index in [0.717, 1.165) is 10.5 Å². The Kier molecular flexibility index (Phi) is 7.12. The number of anilines is 1. The highest BCUT2D eigenvalue weighted by Gasteiger charge is 2.31. The van der Waals surface area contributed by atoms with Crippen molar-refractivity contribution in [1.29, 1.82) is 5.41 Å². The molecule has 0 aromatic heterocycles. The van der Waals surface area contributed by atoms with Gasteiger partial charge in [0.2, 0.25) is 0 Å². The van der Waals surface area contributed by atoms with Crippen LogP contribution >= 0.6 is 0 Å². The number of Topliss-reactive ketones (excluding diaryl/α,β-unsaturated/α-hetero) is 1. The summed E-state index contributed by atoms with van der Waals surface area (Å²) < 4.78 is 5.67. The van der Waals surface area contributed by atoms with Crippen LogP contribution < -0.4 is 9.64 Å². The van der Waals surface area contributed by atoms with Crippen LogP contribution in [0.5, 0.6) is 11.5 Å². The molecule has 0 atom stereocenters. The number of amidine groups is 1. The molecule has 3 rings (SSSR count). The van der Waals surface area contributed by atoms with Crippen LogP contribution in [-0.2, 0) is 17.4 Å². The number of phenolic OH excluding ortho intramolecular Hbond substituents is 1. The molecule has 8 heteroatoms. The van der Waals surface area contributed by atoms with Crippen molar-refractivity contribution in [3.8, 4) is 11.5 Å². The maximum Gasteiger partial charge on any atom is 0.411 e. The lowest BCUT2D eigenvalue weighted by Crippen LogP contribution is -2.31. The number of carbonyl (C=O) groups excluding carboxylic acids is 1. The number of phenols is 1. The molecule has 2 aromatic carbocycles. The van der Waals surface area contributed by atoms with Gasteiger partial charge in [0, 0.05) is 35.8 Å². The topological polar surface area (TPSA) is 114 Å². The zero-order chi connectivity index (χ0) is 27.2. The fraction of sp³-hybridized carbons (Fsp3) is 0.464. The summed E-state index contributed by atoms with van der Waals surface area (Å²) in [5.74, 6) is 0.639. The van der Waals surface area contributed by atoms with Gasteiger partial charge in [-0.05, 0) is 47.6 Å². The number of ether oxygens (including phenoxy) is 1. The van der Waals surface area contributed by atoms with E-state index in [1.54, 1.807) is 29.2 Å². The quantitative estimate of drug-likeness (QED) is 0.455. The monoisotopic (exact) mass is 495 g/mol. The first-order chi connectivity index (χ1) is 16.6. The Hall–Kier alpha value is -3.55. The molecule has 0 saturated carbocycles. The van der Waals surface area contributed by atoms with E-state index in [0.29, 0.717) is 46.8 Å². The average Bonchev–Trinajstić information content (AvgIpc) is 3.05. The normalized spacial score (nSPS) is 13.6. The van der Waals surface area contributed by atoms with Crippen LogP contribution in [-0.4, -0.2) is 53.0 Å². The highest BCUT2D eigenvalue weighted by Crippen LogP contribution is 2.40. The van der Waals surface area contributed by atoms with Crippen LogP contribution in [0.15, 0.2) is 24.3 Å². The Bertz CT molecular complexity index is 1190. The summed E-state index contributed by atoms with van der Waals surface area (Å²) in [6.07, 6.45) is -1.14. The molecule has 3 N–H and O–H groups in total. The molecule has 36 heavy (non-hydrogen) atoms. The molecule has 0 aliphatic carbocycles. The van der Waals surface area contributed by atoms with Crippen molar-refractivity contribution < 1.29 is 24.5 Å². The minimum Gasteiger partial charge on any atom is -0.507 e. The molecule has 1 aliphatic rings. The third-order valence-electron chi connectivity index (χ3n) is 6.45. The second kappa shape index (κ2) is 9.48. The second-order valence-electron chi connectivity index (χ2n) is 11.3. The van der Waals surface area contributed by atoms with Gasteiger partial charge in [0.25, 0.3) is 0 Å². The first kappa shape index (κ1) is 27.0. The van der Waals surface area contributed by atoms with Gasteiger partial charge >= 0.3 is 6.09 Å². The lowest BCUT2D eigenvalue weighted by Gasteiger charge is -2.28. The van der Waals surface area contributed by atoms with Gasteiger partial charge in [-0.1, -0.05) is 41.5 Å². The number of nitrogens with zero attached hydrogens (tertiary/aromatic N) is 2. The van der Waals surface area contributed by atoms with Crippen molar-refractivity contribution in [2.24, 2.45) is 0 Å². The summed E-state index contributed by atoms with van der Waals surface area (Å²) in [4.78, 5) is 27.8. The first-order valence-corrected chi connectivity index (χ1v) is 12.1. The molecular formula is C28H37N3O5. The summed E-state index contributed by atoms with van der Waals surface area (Å²) in [5, 5.41) is 29.1. The maximum absolute atomic E-state index is 13.5. The number of ketones is 1. The summed E-state index contributed by atoms with van der Waals surface area (Å²) >= 11 is 0. The van der Waals surface area contributed by atoms with Crippen molar-refractivity contribution in [3.05, 3.63) is 52.1 Å². The summed E-state index contributed by atoms with van der Waals surface area (Å²) in [5.41, 5.74) is 2.91. The SMILES string of the molecule is CCOc1cc2c(cc1N(C)C(=O)O)C(=N)N(CC(=O)c1cc(C(C)(C)C)c(O)c(C(C)(C)C)c1)C2. The van der Waals surface area contributed by atoms with Gasteiger partial charge in [-0.15, -0.1) is 0 Å². The predicted octanol–water partition coefficient (Wildman–Crippen LogP) is 5.52. The molecule has 0 saturated heterocycles. The van der Waals surface area contributed by atoms with E-state index in [9.17, 15) is 19.8 Å². The standard InChI is InChI=1S/C28H37N3O5/c1-9-36-23-12-17-14-31(25(29)18(17)13-21(23)30(8)26(34)35)15-22(32)16-10-19(27(2,3)4)24(33)20(11-16)28(5,6)7/h10-13,29,33H,9,14-15H2,1-8H3,(H,34,35). The number of carbonyl (C=O) groups is 2. The predicted molar refractivity (Wildman–Crippen MR) is 141 cm³/mol. The Morgan fingerprint density at radius 3 is 2.08 bits per heavy atom. The van der Waals surface area contributed by atoms with Crippen LogP contribution in [0, 0.1) is 5.41 Å². The van der Waals surface area contributed by atoms with Gasteiger partial charge in [-0.25, -0.2) is 4.79 Å². The highest BCUT2D eigenvalue weighted by molar-refractivity contribution is 6.06. The van der Waals surface area contributed by atoms with Crippen LogP contribution in [0.25, 0.3) is 0 Å². The maximum atomic E-state index is 13.5. The molecule has 1 heterocycles. The lowest BCUT2D eigenvalue weighted by atomic mass is 9.78. The number of amides is 1. The summed E-state index contributed by atoms with van der Waals surface area (Å²) in [6.45, 7) is 14.5. The molecule has 0 fully saturated rings. The minimum atomic E-state index is -1.14. The average molecular weight is 496 g/mol. The molecule has 0 bridgehead atoms. The number of hydrogen-bond donors (Lipinski definition) is 3. The van der Waals surface area contributed by atoms with E-state index >= 15 is 0 Å². The number of fused-ring (bicyclic) bond motifs is 1. The largest absolute Gasteiger partial charge is 0.507 e. The van der Waals surface area contributed by atoms with Gasteiger partial charge in [0.1, 0.15) is 17.3 Å². The van der Waals surface area contributed by atoms with Crippen LogP contribution in [0.4, 0.5) is 10.5 Å². The highest BCUT2D eigenvalue weighted by atomic mass is 16.5. The van der Waals surface area contributed by atoms with E-state index in [-0.39, 0.29) is 34.7 Å². The fourth-order valence-corrected chi connectivity index (χ4v) is 4.39. The lowest BCUT2D eigenvalue weighted by molar-refractivity contribution is 0.0962. The van der Waals surface area contributed by atoms with Crippen LogP contribution in [0.1, 0.15) is 81.1 Å². The van der Waals surface area contributed by atoms with E-state index in [2.05, 4.69) is 0 Å². The Morgan fingerprint density at radius 1 is 1.06 bits per heavy atom. The first-order valence-electron chi connectivity index (χ1n) is 12.1. The molecule has 8 nitrogen and oxygen atoms in total. The number of carboxylic acid groups (broad SMARTS) is 1. The molecule has 0 radical (unpaired) electrons. The molecule has 1 amide bonds. The molecule has 2 aromatic rings. The third-order valence-corrected chi connectivity index (χ3v) is 6.45. The zero-order valence-corrected chi connectivity index (χ0v) is 22.4. The molecule has 194 valence electrons. The Labute approximate surface area is 213 Å². The van der Waals surface area contributed by atoms with Crippen LogP contribution in [0.2, 0.25) is 0 Å². The molecular weight excluding hydrogens is 458 g/mol. The Morgan fingerprint density at radius 2 is 1.61 bits per heavy atom. The van der Waals surface area contributed by atoms with E-state index < -0.39 is 6.09 Å². The molecule has 0 unspecified atom stereocenters. The van der Waals surface area contributed by atoms with Crippen molar-refractivity contribution in [3.63, 3.8) is 0 Å². The molecule has 0 spiro atoms. The third kappa shape index (κ3) is 5.17. The fourth-order valence-electron chi connectivity index (χ4n) is 4.39. The number of hydrogen-bond acceptors (Lipinski definition) is 5. The summed E-state index contributed by atoms with van der Waals surface area (Å²) in [6, 6.07) is 6.90.